The van der Waals surface area contributed by atoms with Crippen LogP contribution >= 0.6 is 0 Å². The van der Waals surface area contributed by atoms with Crippen molar-refractivity contribution in [3.05, 3.63) is 35.9 Å². The highest BCUT2D eigenvalue weighted by Gasteiger charge is 2.29. The van der Waals surface area contributed by atoms with Crippen LogP contribution in [0, 0.1) is 5.92 Å². The summed E-state index contributed by atoms with van der Waals surface area (Å²) in [5, 5.41) is 2.90. The third-order valence-corrected chi connectivity index (χ3v) is 5.75. The van der Waals surface area contributed by atoms with Crippen LogP contribution in [0.15, 0.2) is 30.3 Å². The number of sulfonamides is 1. The van der Waals surface area contributed by atoms with E-state index in [4.69, 9.17) is 4.74 Å². The molecule has 0 unspecified atom stereocenters. The Balaban J connectivity index is 1.65. The molecule has 0 spiro atoms. The monoisotopic (exact) mass is 368 g/mol. The van der Waals surface area contributed by atoms with Crippen LogP contribution in [0.5, 0.6) is 0 Å². The molecule has 1 aromatic rings. The van der Waals surface area contributed by atoms with Crippen LogP contribution in [0.4, 0.5) is 0 Å². The standard InChI is InChI=1S/C18H28N2O4S/c1-15(16-8-4-3-5-9-16)24-13-7-11-19-18(21)17-10-6-12-20(14-17)25(2,22)23/h3-5,8-9,15,17H,6-7,10-14H2,1-2H3,(H,19,21)/t15-,17-/m1/s1. The van der Waals surface area contributed by atoms with Gasteiger partial charge in [-0.05, 0) is 31.7 Å². The van der Waals surface area contributed by atoms with E-state index in [9.17, 15) is 13.2 Å². The van der Waals surface area contributed by atoms with Crippen LogP contribution in [0.25, 0.3) is 0 Å². The number of piperidine rings is 1. The molecular formula is C18H28N2O4S. The Labute approximate surface area is 150 Å². The number of hydrogen-bond donors (Lipinski definition) is 1. The highest BCUT2D eigenvalue weighted by atomic mass is 32.2. The van der Waals surface area contributed by atoms with Crippen molar-refractivity contribution in [2.75, 3.05) is 32.5 Å². The maximum atomic E-state index is 12.2. The zero-order valence-electron chi connectivity index (χ0n) is 15.0. The second-order valence-electron chi connectivity index (χ2n) is 6.53. The lowest BCUT2D eigenvalue weighted by molar-refractivity contribution is -0.126. The van der Waals surface area contributed by atoms with Crippen LogP contribution in [0.3, 0.4) is 0 Å². The number of nitrogens with zero attached hydrogens (tertiary/aromatic N) is 1. The lowest BCUT2D eigenvalue weighted by atomic mass is 9.99. The Kier molecular flexibility index (Phi) is 7.40. The molecule has 0 saturated carbocycles. The number of amides is 1. The SMILES string of the molecule is C[C@@H](OCCCNC(=O)[C@@H]1CCCN(S(C)(=O)=O)C1)c1ccccc1. The first-order valence-electron chi connectivity index (χ1n) is 8.77. The third kappa shape index (κ3) is 6.41. The summed E-state index contributed by atoms with van der Waals surface area (Å²) in [6.45, 7) is 3.90. The van der Waals surface area contributed by atoms with E-state index in [1.54, 1.807) is 0 Å². The summed E-state index contributed by atoms with van der Waals surface area (Å²) < 4.78 is 30.4. The number of carbonyl (C=O) groups is 1. The predicted octanol–water partition coefficient (Wildman–Crippen LogP) is 1.94. The van der Waals surface area contributed by atoms with Gasteiger partial charge in [-0.2, -0.15) is 0 Å². The van der Waals surface area contributed by atoms with E-state index in [0.717, 1.165) is 24.8 Å². The van der Waals surface area contributed by atoms with Gasteiger partial charge in [0, 0.05) is 26.2 Å². The highest BCUT2D eigenvalue weighted by molar-refractivity contribution is 7.88. The van der Waals surface area contributed by atoms with Gasteiger partial charge in [0.05, 0.1) is 18.3 Å². The molecule has 1 aliphatic heterocycles. The predicted molar refractivity (Wildman–Crippen MR) is 97.6 cm³/mol. The Bertz CT molecular complexity index is 648. The molecule has 1 N–H and O–H groups in total. The minimum atomic E-state index is -3.22. The van der Waals surface area contributed by atoms with E-state index >= 15 is 0 Å². The molecule has 0 radical (unpaired) electrons. The Morgan fingerprint density at radius 3 is 2.76 bits per heavy atom. The van der Waals surface area contributed by atoms with Gasteiger partial charge in [0.15, 0.2) is 0 Å². The first kappa shape index (κ1) is 19.9. The van der Waals surface area contributed by atoms with Crippen molar-refractivity contribution in [1.82, 2.24) is 9.62 Å². The fourth-order valence-electron chi connectivity index (χ4n) is 2.97. The lowest BCUT2D eigenvalue weighted by Gasteiger charge is -2.30. The van der Waals surface area contributed by atoms with Crippen molar-refractivity contribution >= 4 is 15.9 Å². The number of carbonyl (C=O) groups excluding carboxylic acids is 1. The molecule has 1 amide bonds. The van der Waals surface area contributed by atoms with Crippen LogP contribution in [-0.4, -0.2) is 51.1 Å². The van der Waals surface area contributed by atoms with E-state index in [-0.39, 0.29) is 24.5 Å². The number of rotatable bonds is 8. The summed E-state index contributed by atoms with van der Waals surface area (Å²) in [7, 11) is -3.22. The van der Waals surface area contributed by atoms with Crippen molar-refractivity contribution in [2.24, 2.45) is 5.92 Å². The maximum absolute atomic E-state index is 12.2. The summed E-state index contributed by atoms with van der Waals surface area (Å²) in [5.74, 6) is -0.322. The Hall–Kier alpha value is -1.44. The number of benzene rings is 1. The van der Waals surface area contributed by atoms with Gasteiger partial charge in [-0.15, -0.1) is 0 Å². The number of ether oxygens (including phenoxy) is 1. The average molecular weight is 368 g/mol. The number of nitrogens with one attached hydrogen (secondary N) is 1. The van der Waals surface area contributed by atoms with Gasteiger partial charge in [0.1, 0.15) is 0 Å². The quantitative estimate of drug-likeness (QED) is 0.712. The highest BCUT2D eigenvalue weighted by Crippen LogP contribution is 2.19. The molecule has 1 heterocycles. The van der Waals surface area contributed by atoms with Gasteiger partial charge in [-0.1, -0.05) is 30.3 Å². The molecule has 1 saturated heterocycles. The average Bonchev–Trinajstić information content (AvgIpc) is 2.61. The summed E-state index contributed by atoms with van der Waals surface area (Å²) in [6, 6.07) is 10.0. The van der Waals surface area contributed by atoms with Crippen LogP contribution in [0.2, 0.25) is 0 Å². The molecule has 0 aromatic heterocycles. The normalized spacial score (nSPS) is 20.2. The largest absolute Gasteiger partial charge is 0.374 e. The van der Waals surface area contributed by atoms with Crippen molar-refractivity contribution in [3.63, 3.8) is 0 Å². The molecule has 1 aliphatic rings. The summed E-state index contributed by atoms with van der Waals surface area (Å²) in [6.07, 6.45) is 3.41. The van der Waals surface area contributed by atoms with Gasteiger partial charge in [0.25, 0.3) is 0 Å². The summed E-state index contributed by atoms with van der Waals surface area (Å²) in [4.78, 5) is 12.2. The molecule has 0 aliphatic carbocycles. The van der Waals surface area contributed by atoms with Crippen LogP contribution < -0.4 is 5.32 Å². The van der Waals surface area contributed by atoms with Crippen molar-refractivity contribution < 1.29 is 17.9 Å². The molecule has 25 heavy (non-hydrogen) atoms. The van der Waals surface area contributed by atoms with Crippen LogP contribution in [-0.2, 0) is 19.6 Å². The van der Waals surface area contributed by atoms with Gasteiger partial charge >= 0.3 is 0 Å². The molecule has 7 heteroatoms. The van der Waals surface area contributed by atoms with E-state index in [0.29, 0.717) is 19.7 Å². The van der Waals surface area contributed by atoms with Gasteiger partial charge in [-0.3, -0.25) is 4.79 Å². The van der Waals surface area contributed by atoms with Gasteiger partial charge < -0.3 is 10.1 Å². The fraction of sp³-hybridized carbons (Fsp3) is 0.611. The first-order chi connectivity index (χ1) is 11.9. The van der Waals surface area contributed by atoms with Gasteiger partial charge in [0.2, 0.25) is 15.9 Å². The van der Waals surface area contributed by atoms with E-state index in [1.165, 1.54) is 10.6 Å². The smallest absolute Gasteiger partial charge is 0.224 e. The molecular weight excluding hydrogens is 340 g/mol. The molecule has 6 nitrogen and oxygen atoms in total. The molecule has 1 fully saturated rings. The van der Waals surface area contributed by atoms with E-state index in [1.807, 2.05) is 37.3 Å². The topological polar surface area (TPSA) is 75.7 Å². The molecule has 1 aromatic carbocycles. The maximum Gasteiger partial charge on any atom is 0.224 e. The summed E-state index contributed by atoms with van der Waals surface area (Å²) >= 11 is 0. The van der Waals surface area contributed by atoms with Crippen LogP contribution in [0.1, 0.15) is 37.9 Å². The molecule has 140 valence electrons. The second kappa shape index (κ2) is 9.31. The summed E-state index contributed by atoms with van der Waals surface area (Å²) in [5.41, 5.74) is 1.13. The fourth-order valence-corrected chi connectivity index (χ4v) is 3.88. The minimum absolute atomic E-state index is 0.0264. The van der Waals surface area contributed by atoms with Crippen molar-refractivity contribution in [2.45, 2.75) is 32.3 Å². The lowest BCUT2D eigenvalue weighted by Crippen LogP contribution is -2.45. The Morgan fingerprint density at radius 2 is 2.08 bits per heavy atom. The third-order valence-electron chi connectivity index (χ3n) is 4.48. The first-order valence-corrected chi connectivity index (χ1v) is 10.6. The van der Waals surface area contributed by atoms with E-state index in [2.05, 4.69) is 5.32 Å². The van der Waals surface area contributed by atoms with Crippen molar-refractivity contribution in [1.29, 1.82) is 0 Å². The minimum Gasteiger partial charge on any atom is -0.374 e. The molecule has 2 rings (SSSR count). The molecule has 0 bridgehead atoms. The molecule has 2 atom stereocenters. The zero-order chi connectivity index (χ0) is 18.3. The zero-order valence-corrected chi connectivity index (χ0v) is 15.8. The Morgan fingerprint density at radius 1 is 1.36 bits per heavy atom. The second-order valence-corrected chi connectivity index (χ2v) is 8.51. The number of hydrogen-bond acceptors (Lipinski definition) is 4. The van der Waals surface area contributed by atoms with Crippen molar-refractivity contribution in [3.8, 4) is 0 Å². The van der Waals surface area contributed by atoms with E-state index < -0.39 is 10.0 Å². The van der Waals surface area contributed by atoms with Gasteiger partial charge in [-0.25, -0.2) is 12.7 Å².